The minimum atomic E-state index is -1.28. The van der Waals surface area contributed by atoms with E-state index in [1.54, 1.807) is 0 Å². The lowest BCUT2D eigenvalue weighted by Crippen LogP contribution is -2.30. The van der Waals surface area contributed by atoms with Crippen LogP contribution in [0.4, 0.5) is 13.2 Å². The number of carbonyl (C=O) groups excluding carboxylic acids is 1. The van der Waals surface area contributed by atoms with Crippen molar-refractivity contribution in [1.82, 2.24) is 19.9 Å². The van der Waals surface area contributed by atoms with E-state index in [9.17, 15) is 18.0 Å². The quantitative estimate of drug-likeness (QED) is 0.0565. The second kappa shape index (κ2) is 29.6. The molecule has 16 heteroatoms. The molecule has 0 spiro atoms. The molecular weight excluding hydrogens is 701 g/mol. The number of nitrogens with zero attached hydrogens (tertiary/aromatic N) is 4. The molecule has 1 aliphatic heterocycles. The van der Waals surface area contributed by atoms with Crippen LogP contribution in [0, 0.1) is 17.5 Å². The molecule has 0 saturated carbocycles. The summed E-state index contributed by atoms with van der Waals surface area (Å²) in [6.45, 7) is 10.9. The molecule has 0 unspecified atom stereocenters. The Labute approximate surface area is 311 Å². The molecule has 0 radical (unpaired) electrons. The van der Waals surface area contributed by atoms with Crippen molar-refractivity contribution in [1.29, 1.82) is 0 Å². The smallest absolute Gasteiger partial charge is 0.313 e. The van der Waals surface area contributed by atoms with Crippen LogP contribution >= 0.6 is 0 Å². The van der Waals surface area contributed by atoms with Crippen LogP contribution in [0.5, 0.6) is 5.75 Å². The van der Waals surface area contributed by atoms with Crippen LogP contribution in [0.2, 0.25) is 0 Å². The number of aryl methyl sites for hydroxylation is 1. The highest BCUT2D eigenvalue weighted by Crippen LogP contribution is 2.23. The summed E-state index contributed by atoms with van der Waals surface area (Å²) < 4.78 is 85.0. The van der Waals surface area contributed by atoms with Gasteiger partial charge in [-0.3, -0.25) is 4.79 Å². The van der Waals surface area contributed by atoms with Gasteiger partial charge in [0.1, 0.15) is 5.82 Å². The van der Waals surface area contributed by atoms with E-state index in [0.29, 0.717) is 105 Å². The second-order valence-corrected chi connectivity index (χ2v) is 12.6. The fourth-order valence-electron chi connectivity index (χ4n) is 5.38. The first kappa shape index (κ1) is 44.7. The first-order chi connectivity index (χ1) is 26.0. The molecule has 1 aromatic carbocycles. The summed E-state index contributed by atoms with van der Waals surface area (Å²) in [5.41, 5.74) is 1.05. The maximum atomic E-state index is 13.5. The van der Waals surface area contributed by atoms with Gasteiger partial charge in [-0.1, -0.05) is 11.6 Å². The molecule has 2 heterocycles. The number of unbranched alkanes of at least 4 members (excludes halogenated alkanes) is 3. The third kappa shape index (κ3) is 22.3. The normalized spacial score (nSPS) is 13.6. The zero-order valence-corrected chi connectivity index (χ0v) is 31.1. The van der Waals surface area contributed by atoms with Crippen LogP contribution in [0.1, 0.15) is 63.5 Å². The molecule has 0 bridgehead atoms. The van der Waals surface area contributed by atoms with Crippen LogP contribution in [-0.4, -0.2) is 138 Å². The molecule has 1 aliphatic rings. The van der Waals surface area contributed by atoms with E-state index in [-0.39, 0.29) is 13.0 Å². The zero-order chi connectivity index (χ0) is 37.6. The Morgan fingerprint density at radius 3 is 1.72 bits per heavy atom. The molecule has 302 valence electrons. The maximum absolute atomic E-state index is 13.5. The first-order valence-electron chi connectivity index (χ1n) is 19.0. The van der Waals surface area contributed by atoms with Crippen molar-refractivity contribution < 1.29 is 55.9 Å². The van der Waals surface area contributed by atoms with Crippen molar-refractivity contribution >= 4 is 5.97 Å². The number of esters is 1. The SMILES string of the molecule is O=C(CCOCCCCCOCCOCCOCCOCCOCCOCCn1cc(CCCCN2CCCCC2)nn1)Oc1c(F)cc(F)cc1F. The number of hydrogen-bond acceptors (Lipinski definition) is 12. The summed E-state index contributed by atoms with van der Waals surface area (Å²) in [7, 11) is 0. The standard InChI is InChI=1S/C37H59F3N4O9/c38-32-29-34(39)37(35(40)30-32)53-36(45)10-17-46-15-7-2-8-16-47-19-21-49-23-25-51-27-28-52-26-24-50-22-20-48-18-14-44-31-33(41-42-44)9-3-6-13-43-11-4-1-5-12-43/h29-31H,1-28H2. The lowest BCUT2D eigenvalue weighted by molar-refractivity contribution is -0.136. The molecule has 1 aromatic heterocycles. The molecule has 1 fully saturated rings. The fourth-order valence-corrected chi connectivity index (χ4v) is 5.38. The Hall–Kier alpha value is -2.70. The Morgan fingerprint density at radius 2 is 1.13 bits per heavy atom. The number of piperidine rings is 1. The molecule has 13 nitrogen and oxygen atoms in total. The molecule has 0 aliphatic carbocycles. The average molecular weight is 761 g/mol. The maximum Gasteiger partial charge on any atom is 0.313 e. The van der Waals surface area contributed by atoms with Crippen LogP contribution in [0.15, 0.2) is 18.3 Å². The Bertz CT molecular complexity index is 1200. The van der Waals surface area contributed by atoms with Gasteiger partial charge < -0.3 is 42.8 Å². The number of benzene rings is 1. The summed E-state index contributed by atoms with van der Waals surface area (Å²) in [4.78, 5) is 14.3. The fraction of sp³-hybridized carbons (Fsp3) is 0.757. The Balaban J connectivity index is 0.954. The topological polar surface area (TPSA) is 125 Å². The molecule has 0 N–H and O–H groups in total. The van der Waals surface area contributed by atoms with Crippen molar-refractivity contribution in [2.45, 2.75) is 70.8 Å². The summed E-state index contributed by atoms with van der Waals surface area (Å²) in [6, 6.07) is 0.891. The van der Waals surface area contributed by atoms with Gasteiger partial charge in [-0.25, -0.2) is 17.9 Å². The number of carbonyl (C=O) groups is 1. The predicted octanol–water partition coefficient (Wildman–Crippen LogP) is 4.79. The van der Waals surface area contributed by atoms with Gasteiger partial charge >= 0.3 is 5.97 Å². The van der Waals surface area contributed by atoms with Gasteiger partial charge in [-0.2, -0.15) is 0 Å². The molecule has 1 saturated heterocycles. The van der Waals surface area contributed by atoms with Gasteiger partial charge in [-0.05, 0) is 71.0 Å². The number of likely N-dealkylation sites (tertiary alicyclic amines) is 1. The van der Waals surface area contributed by atoms with Crippen molar-refractivity contribution in [3.63, 3.8) is 0 Å². The Morgan fingerprint density at radius 1 is 0.604 bits per heavy atom. The van der Waals surface area contributed by atoms with E-state index in [2.05, 4.69) is 19.9 Å². The van der Waals surface area contributed by atoms with Crippen molar-refractivity contribution in [2.24, 2.45) is 0 Å². The van der Waals surface area contributed by atoms with E-state index in [0.717, 1.165) is 37.8 Å². The van der Waals surface area contributed by atoms with Gasteiger partial charge in [-0.15, -0.1) is 5.10 Å². The summed E-state index contributed by atoms with van der Waals surface area (Å²) >= 11 is 0. The lowest BCUT2D eigenvalue weighted by atomic mass is 10.1. The second-order valence-electron chi connectivity index (χ2n) is 12.6. The van der Waals surface area contributed by atoms with E-state index in [1.165, 1.54) is 45.3 Å². The van der Waals surface area contributed by atoms with Crippen molar-refractivity contribution in [3.8, 4) is 5.75 Å². The van der Waals surface area contributed by atoms with Gasteiger partial charge in [0.25, 0.3) is 0 Å². The minimum Gasteiger partial charge on any atom is -0.420 e. The molecule has 3 rings (SSSR count). The van der Waals surface area contributed by atoms with Crippen molar-refractivity contribution in [2.75, 3.05) is 112 Å². The Kier molecular flexibility index (Phi) is 25.0. The third-order valence-corrected chi connectivity index (χ3v) is 8.22. The monoisotopic (exact) mass is 760 g/mol. The predicted molar refractivity (Wildman–Crippen MR) is 189 cm³/mol. The van der Waals surface area contributed by atoms with Gasteiger partial charge in [0.05, 0.1) is 97.9 Å². The van der Waals surface area contributed by atoms with Crippen LogP contribution in [-0.2, 0) is 50.9 Å². The molecule has 53 heavy (non-hydrogen) atoms. The van der Waals surface area contributed by atoms with Crippen molar-refractivity contribution in [3.05, 3.63) is 41.5 Å². The summed E-state index contributed by atoms with van der Waals surface area (Å²) in [5, 5.41) is 8.49. The molecule has 0 atom stereocenters. The first-order valence-corrected chi connectivity index (χ1v) is 19.0. The van der Waals surface area contributed by atoms with Gasteiger partial charge in [0.2, 0.25) is 5.75 Å². The third-order valence-electron chi connectivity index (χ3n) is 8.22. The number of rotatable bonds is 33. The number of aromatic nitrogens is 3. The van der Waals surface area contributed by atoms with E-state index < -0.39 is 29.2 Å². The van der Waals surface area contributed by atoms with Gasteiger partial charge in [0.15, 0.2) is 11.6 Å². The molecule has 0 amide bonds. The van der Waals surface area contributed by atoms with E-state index in [4.69, 9.17) is 33.2 Å². The van der Waals surface area contributed by atoms with Crippen LogP contribution in [0.25, 0.3) is 0 Å². The van der Waals surface area contributed by atoms with E-state index in [1.807, 2.05) is 10.9 Å². The van der Waals surface area contributed by atoms with Crippen LogP contribution < -0.4 is 4.74 Å². The van der Waals surface area contributed by atoms with Gasteiger partial charge in [0, 0.05) is 31.5 Å². The van der Waals surface area contributed by atoms with E-state index >= 15 is 0 Å². The van der Waals surface area contributed by atoms with Crippen LogP contribution in [0.3, 0.4) is 0 Å². The highest BCUT2D eigenvalue weighted by Gasteiger charge is 2.16. The largest absolute Gasteiger partial charge is 0.420 e. The lowest BCUT2D eigenvalue weighted by Gasteiger charge is -2.26. The molecular formula is C37H59F3N4O9. The summed E-state index contributed by atoms with van der Waals surface area (Å²) in [5.74, 6) is -5.43. The number of halogens is 3. The zero-order valence-electron chi connectivity index (χ0n) is 31.1. The highest BCUT2D eigenvalue weighted by molar-refractivity contribution is 5.72. The number of ether oxygens (including phenoxy) is 8. The minimum absolute atomic E-state index is 0.0485. The molecule has 2 aromatic rings. The highest BCUT2D eigenvalue weighted by atomic mass is 19.1. The summed E-state index contributed by atoms with van der Waals surface area (Å²) in [6.07, 6.45) is 11.7. The number of hydrogen-bond donors (Lipinski definition) is 0. The average Bonchev–Trinajstić information content (AvgIpc) is 3.61.